The van der Waals surface area contributed by atoms with Crippen LogP contribution in [0.4, 0.5) is 0 Å². The predicted octanol–water partition coefficient (Wildman–Crippen LogP) is 3.31. The number of phenolic OH excluding ortho intramolecular Hbond substituents is 1. The fourth-order valence-corrected chi connectivity index (χ4v) is 1.88. The maximum Gasteiger partial charge on any atom is 0.257 e. The standard InChI is InChI=1S/C13H18ClNO2/c1-4-9(3)15(5-2)13(17)11-8-10(14)6-7-12(11)16/h6-9,16H,4-5H2,1-3H3. The first-order valence-corrected chi connectivity index (χ1v) is 6.18. The van der Waals surface area contributed by atoms with Gasteiger partial charge in [-0.2, -0.15) is 0 Å². The van der Waals surface area contributed by atoms with Gasteiger partial charge in [0, 0.05) is 17.6 Å². The minimum Gasteiger partial charge on any atom is -0.507 e. The van der Waals surface area contributed by atoms with Gasteiger partial charge in [0.15, 0.2) is 0 Å². The van der Waals surface area contributed by atoms with Crippen LogP contribution >= 0.6 is 11.6 Å². The zero-order valence-corrected chi connectivity index (χ0v) is 11.2. The summed E-state index contributed by atoms with van der Waals surface area (Å²) in [6.45, 7) is 6.55. The lowest BCUT2D eigenvalue weighted by molar-refractivity contribution is 0.0697. The van der Waals surface area contributed by atoms with Gasteiger partial charge >= 0.3 is 0 Å². The van der Waals surface area contributed by atoms with Crippen LogP contribution in [0, 0.1) is 0 Å². The fourth-order valence-electron chi connectivity index (χ4n) is 1.71. The minimum atomic E-state index is -0.179. The number of carbonyl (C=O) groups is 1. The van der Waals surface area contributed by atoms with Crippen LogP contribution in [0.15, 0.2) is 18.2 Å². The molecule has 1 amide bonds. The second-order valence-electron chi connectivity index (χ2n) is 4.01. The molecule has 1 aromatic rings. The molecule has 0 aliphatic carbocycles. The first kappa shape index (κ1) is 13.8. The van der Waals surface area contributed by atoms with Crippen molar-refractivity contribution in [2.75, 3.05) is 6.54 Å². The third-order valence-corrected chi connectivity index (χ3v) is 3.15. The highest BCUT2D eigenvalue weighted by Gasteiger charge is 2.21. The molecule has 1 aromatic carbocycles. The second kappa shape index (κ2) is 5.92. The summed E-state index contributed by atoms with van der Waals surface area (Å²) in [6.07, 6.45) is 0.876. The number of carbonyl (C=O) groups excluding carboxylic acids is 1. The monoisotopic (exact) mass is 255 g/mol. The summed E-state index contributed by atoms with van der Waals surface area (Å²) >= 11 is 5.84. The predicted molar refractivity (Wildman–Crippen MR) is 69.6 cm³/mol. The molecule has 1 N–H and O–H groups in total. The Hall–Kier alpha value is -1.22. The van der Waals surface area contributed by atoms with Crippen molar-refractivity contribution >= 4 is 17.5 Å². The number of phenols is 1. The van der Waals surface area contributed by atoms with Crippen molar-refractivity contribution in [3.05, 3.63) is 28.8 Å². The van der Waals surface area contributed by atoms with Crippen molar-refractivity contribution in [2.45, 2.75) is 33.2 Å². The van der Waals surface area contributed by atoms with E-state index in [1.165, 1.54) is 12.1 Å². The smallest absolute Gasteiger partial charge is 0.257 e. The summed E-state index contributed by atoms with van der Waals surface area (Å²) in [5.74, 6) is -0.206. The Labute approximate surface area is 107 Å². The van der Waals surface area contributed by atoms with Gasteiger partial charge in [-0.25, -0.2) is 0 Å². The number of halogens is 1. The number of amides is 1. The maximum absolute atomic E-state index is 12.3. The van der Waals surface area contributed by atoms with Crippen LogP contribution in [0.3, 0.4) is 0 Å². The Morgan fingerprint density at radius 1 is 1.47 bits per heavy atom. The number of nitrogens with zero attached hydrogens (tertiary/aromatic N) is 1. The van der Waals surface area contributed by atoms with E-state index in [0.29, 0.717) is 11.6 Å². The quantitative estimate of drug-likeness (QED) is 0.897. The molecular weight excluding hydrogens is 238 g/mol. The molecule has 0 aliphatic heterocycles. The Morgan fingerprint density at radius 3 is 2.65 bits per heavy atom. The molecular formula is C13H18ClNO2. The molecule has 0 spiro atoms. The van der Waals surface area contributed by atoms with Crippen LogP contribution in [0.25, 0.3) is 0 Å². The van der Waals surface area contributed by atoms with Gasteiger partial charge in [-0.1, -0.05) is 18.5 Å². The van der Waals surface area contributed by atoms with Gasteiger partial charge in [0.25, 0.3) is 5.91 Å². The van der Waals surface area contributed by atoms with Crippen molar-refractivity contribution in [3.63, 3.8) is 0 Å². The molecule has 0 saturated heterocycles. The summed E-state index contributed by atoms with van der Waals surface area (Å²) in [7, 11) is 0. The third kappa shape index (κ3) is 3.13. The number of benzene rings is 1. The molecule has 0 saturated carbocycles. The number of hydrogen-bond acceptors (Lipinski definition) is 2. The fraction of sp³-hybridized carbons (Fsp3) is 0.462. The van der Waals surface area contributed by atoms with Crippen molar-refractivity contribution < 1.29 is 9.90 Å². The molecule has 1 atom stereocenters. The van der Waals surface area contributed by atoms with Crippen LogP contribution in [-0.4, -0.2) is 28.5 Å². The molecule has 0 aliphatic rings. The first-order valence-electron chi connectivity index (χ1n) is 5.80. The van der Waals surface area contributed by atoms with Gasteiger partial charge in [-0.15, -0.1) is 0 Å². The van der Waals surface area contributed by atoms with E-state index >= 15 is 0 Å². The molecule has 94 valence electrons. The molecule has 0 bridgehead atoms. The highest BCUT2D eigenvalue weighted by atomic mass is 35.5. The van der Waals surface area contributed by atoms with E-state index in [0.717, 1.165) is 6.42 Å². The number of aromatic hydroxyl groups is 1. The van der Waals surface area contributed by atoms with E-state index in [4.69, 9.17) is 11.6 Å². The molecule has 0 radical (unpaired) electrons. The van der Waals surface area contributed by atoms with Gasteiger partial charge in [0.1, 0.15) is 5.75 Å². The topological polar surface area (TPSA) is 40.5 Å². The normalized spacial score (nSPS) is 12.2. The highest BCUT2D eigenvalue weighted by molar-refractivity contribution is 6.31. The summed E-state index contributed by atoms with van der Waals surface area (Å²) in [5.41, 5.74) is 0.264. The van der Waals surface area contributed by atoms with Crippen LogP contribution in [-0.2, 0) is 0 Å². The molecule has 0 fully saturated rings. The summed E-state index contributed by atoms with van der Waals surface area (Å²) in [6, 6.07) is 4.66. The van der Waals surface area contributed by atoms with Crippen molar-refractivity contribution in [1.82, 2.24) is 4.90 Å². The Kier molecular flexibility index (Phi) is 4.82. The van der Waals surface area contributed by atoms with Gasteiger partial charge in [0.2, 0.25) is 0 Å². The lowest BCUT2D eigenvalue weighted by atomic mass is 10.1. The highest BCUT2D eigenvalue weighted by Crippen LogP contribution is 2.23. The molecule has 1 rings (SSSR count). The van der Waals surface area contributed by atoms with E-state index in [1.54, 1.807) is 11.0 Å². The van der Waals surface area contributed by atoms with E-state index < -0.39 is 0 Å². The average Bonchev–Trinajstić information content (AvgIpc) is 2.32. The SMILES string of the molecule is CCC(C)N(CC)C(=O)c1cc(Cl)ccc1O. The second-order valence-corrected chi connectivity index (χ2v) is 4.45. The van der Waals surface area contributed by atoms with Crippen LogP contribution < -0.4 is 0 Å². The first-order chi connectivity index (χ1) is 8.01. The van der Waals surface area contributed by atoms with Crippen LogP contribution in [0.1, 0.15) is 37.6 Å². The maximum atomic E-state index is 12.3. The van der Waals surface area contributed by atoms with E-state index in [9.17, 15) is 9.90 Å². The summed E-state index contributed by atoms with van der Waals surface area (Å²) in [5, 5.41) is 10.1. The number of hydrogen-bond donors (Lipinski definition) is 1. The zero-order valence-electron chi connectivity index (χ0n) is 10.4. The molecule has 17 heavy (non-hydrogen) atoms. The lowest BCUT2D eigenvalue weighted by Gasteiger charge is -2.27. The van der Waals surface area contributed by atoms with E-state index in [-0.39, 0.29) is 23.3 Å². The van der Waals surface area contributed by atoms with Crippen LogP contribution in [0.5, 0.6) is 5.75 Å². The van der Waals surface area contributed by atoms with Crippen molar-refractivity contribution in [3.8, 4) is 5.75 Å². The zero-order chi connectivity index (χ0) is 13.0. The summed E-state index contributed by atoms with van der Waals surface area (Å²) in [4.78, 5) is 14.0. The molecule has 0 aromatic heterocycles. The summed E-state index contributed by atoms with van der Waals surface area (Å²) < 4.78 is 0. The van der Waals surface area contributed by atoms with Crippen molar-refractivity contribution in [1.29, 1.82) is 0 Å². The Morgan fingerprint density at radius 2 is 2.12 bits per heavy atom. The van der Waals surface area contributed by atoms with Gasteiger partial charge in [0.05, 0.1) is 5.56 Å². The van der Waals surface area contributed by atoms with Gasteiger partial charge < -0.3 is 10.0 Å². The molecule has 4 heteroatoms. The molecule has 1 unspecified atom stereocenters. The molecule has 0 heterocycles. The molecule has 3 nitrogen and oxygen atoms in total. The van der Waals surface area contributed by atoms with E-state index in [1.807, 2.05) is 20.8 Å². The third-order valence-electron chi connectivity index (χ3n) is 2.91. The largest absolute Gasteiger partial charge is 0.507 e. The number of rotatable bonds is 4. The Balaban J connectivity index is 3.05. The van der Waals surface area contributed by atoms with Gasteiger partial charge in [-0.3, -0.25) is 4.79 Å². The van der Waals surface area contributed by atoms with Gasteiger partial charge in [-0.05, 0) is 38.5 Å². The Bertz CT molecular complexity index is 406. The average molecular weight is 256 g/mol. The van der Waals surface area contributed by atoms with E-state index in [2.05, 4.69) is 0 Å². The lowest BCUT2D eigenvalue weighted by Crippen LogP contribution is -2.38. The van der Waals surface area contributed by atoms with Crippen LogP contribution in [0.2, 0.25) is 5.02 Å². The van der Waals surface area contributed by atoms with Crippen molar-refractivity contribution in [2.24, 2.45) is 0 Å². The minimum absolute atomic E-state index is 0.0267.